The van der Waals surface area contributed by atoms with Crippen LogP contribution < -0.4 is 5.32 Å². The Kier molecular flexibility index (Phi) is 3.97. The Morgan fingerprint density at radius 1 is 1.28 bits per heavy atom. The van der Waals surface area contributed by atoms with Crippen LogP contribution >= 0.6 is 11.8 Å². The van der Waals surface area contributed by atoms with E-state index in [1.54, 1.807) is 17.8 Å². The van der Waals surface area contributed by atoms with Crippen molar-refractivity contribution in [1.82, 2.24) is 5.32 Å². The Hall–Kier alpha value is -0.610. The fourth-order valence-electron chi connectivity index (χ4n) is 2.77. The van der Waals surface area contributed by atoms with Gasteiger partial charge in [-0.15, -0.1) is 11.8 Å². The molecule has 2 unspecified atom stereocenters. The maximum absolute atomic E-state index is 13.2. The molecule has 1 N–H and O–H groups in total. The van der Waals surface area contributed by atoms with Crippen LogP contribution in [0.25, 0.3) is 0 Å². The van der Waals surface area contributed by atoms with Crippen LogP contribution in [0.5, 0.6) is 0 Å². The van der Waals surface area contributed by atoms with Crippen LogP contribution in [-0.4, -0.2) is 18.3 Å². The summed E-state index contributed by atoms with van der Waals surface area (Å²) in [6.07, 6.45) is 2.25. The highest BCUT2D eigenvalue weighted by Crippen LogP contribution is 2.44. The van der Waals surface area contributed by atoms with E-state index in [2.05, 4.69) is 19.2 Å². The van der Waals surface area contributed by atoms with Gasteiger partial charge in [-0.2, -0.15) is 0 Å². The van der Waals surface area contributed by atoms with E-state index in [0.717, 1.165) is 17.7 Å². The largest absolute Gasteiger partial charge is 0.315 e. The standard InChI is InChI=1S/C14H19F2NS/c1-14(2)7-6-12(13(14)17-3)18-9-4-5-10(15)11(16)8-9/h4-5,8,12-13,17H,6-7H2,1-3H3. The van der Waals surface area contributed by atoms with Crippen molar-refractivity contribution in [3.63, 3.8) is 0 Å². The minimum atomic E-state index is -0.781. The summed E-state index contributed by atoms with van der Waals surface area (Å²) < 4.78 is 26.1. The molecule has 0 aliphatic heterocycles. The van der Waals surface area contributed by atoms with Gasteiger partial charge in [0.15, 0.2) is 11.6 Å². The molecule has 1 nitrogen and oxygen atoms in total. The Morgan fingerprint density at radius 3 is 2.61 bits per heavy atom. The van der Waals surface area contributed by atoms with Gasteiger partial charge in [0.2, 0.25) is 0 Å². The Balaban J connectivity index is 2.12. The van der Waals surface area contributed by atoms with E-state index in [1.807, 2.05) is 7.05 Å². The zero-order chi connectivity index (χ0) is 13.3. The third kappa shape index (κ3) is 2.69. The lowest BCUT2D eigenvalue weighted by Gasteiger charge is -2.30. The number of hydrogen-bond acceptors (Lipinski definition) is 2. The molecule has 2 rings (SSSR count). The van der Waals surface area contributed by atoms with Gasteiger partial charge >= 0.3 is 0 Å². The van der Waals surface area contributed by atoms with Crippen LogP contribution in [0.4, 0.5) is 8.78 Å². The van der Waals surface area contributed by atoms with Gasteiger partial charge in [-0.3, -0.25) is 0 Å². The second-order valence-electron chi connectivity index (χ2n) is 5.53. The number of benzene rings is 1. The summed E-state index contributed by atoms with van der Waals surface area (Å²) in [5, 5.41) is 3.77. The molecule has 100 valence electrons. The lowest BCUT2D eigenvalue weighted by atomic mass is 9.87. The molecule has 0 bridgehead atoms. The first-order valence-corrected chi connectivity index (χ1v) is 7.11. The molecule has 0 aromatic heterocycles. The van der Waals surface area contributed by atoms with E-state index < -0.39 is 11.6 Å². The number of hydrogen-bond donors (Lipinski definition) is 1. The molecule has 1 aromatic rings. The molecular formula is C14H19F2NS. The first-order chi connectivity index (χ1) is 8.44. The zero-order valence-electron chi connectivity index (χ0n) is 11.0. The summed E-state index contributed by atoms with van der Waals surface area (Å²) in [6.45, 7) is 4.50. The van der Waals surface area contributed by atoms with Crippen LogP contribution in [0.15, 0.2) is 23.1 Å². The second-order valence-corrected chi connectivity index (χ2v) is 6.84. The van der Waals surface area contributed by atoms with Crippen molar-refractivity contribution in [1.29, 1.82) is 0 Å². The third-order valence-corrected chi connectivity index (χ3v) is 5.11. The SMILES string of the molecule is CNC1C(Sc2ccc(F)c(F)c2)CCC1(C)C. The maximum Gasteiger partial charge on any atom is 0.159 e. The summed E-state index contributed by atoms with van der Waals surface area (Å²) in [5.74, 6) is -1.55. The minimum absolute atomic E-state index is 0.255. The minimum Gasteiger partial charge on any atom is -0.315 e. The molecule has 0 radical (unpaired) electrons. The van der Waals surface area contributed by atoms with Gasteiger partial charge in [-0.05, 0) is 43.5 Å². The lowest BCUT2D eigenvalue weighted by Crippen LogP contribution is -2.41. The molecular weight excluding hydrogens is 252 g/mol. The second kappa shape index (κ2) is 5.17. The predicted octanol–water partition coefficient (Wildman–Crippen LogP) is 3.83. The van der Waals surface area contributed by atoms with Crippen molar-refractivity contribution in [2.75, 3.05) is 7.05 Å². The van der Waals surface area contributed by atoms with E-state index >= 15 is 0 Å². The molecule has 4 heteroatoms. The summed E-state index contributed by atoms with van der Waals surface area (Å²) in [5.41, 5.74) is 0.255. The Morgan fingerprint density at radius 2 is 2.00 bits per heavy atom. The fraction of sp³-hybridized carbons (Fsp3) is 0.571. The number of rotatable bonds is 3. The molecule has 1 aliphatic carbocycles. The van der Waals surface area contributed by atoms with Gasteiger partial charge in [0.05, 0.1) is 0 Å². The average Bonchev–Trinajstić information content (AvgIpc) is 2.59. The van der Waals surface area contributed by atoms with Gasteiger partial charge in [-0.25, -0.2) is 8.78 Å². The van der Waals surface area contributed by atoms with Gasteiger partial charge in [0.1, 0.15) is 0 Å². The molecule has 1 aromatic carbocycles. The van der Waals surface area contributed by atoms with E-state index in [9.17, 15) is 8.78 Å². The smallest absolute Gasteiger partial charge is 0.159 e. The first kappa shape index (κ1) is 13.8. The van der Waals surface area contributed by atoms with Crippen molar-refractivity contribution in [3.8, 4) is 0 Å². The molecule has 0 amide bonds. The predicted molar refractivity (Wildman–Crippen MR) is 71.9 cm³/mol. The molecule has 2 atom stereocenters. The molecule has 1 saturated carbocycles. The highest BCUT2D eigenvalue weighted by Gasteiger charge is 2.41. The molecule has 0 spiro atoms. The summed E-state index contributed by atoms with van der Waals surface area (Å²) in [4.78, 5) is 0.803. The van der Waals surface area contributed by atoms with Crippen molar-refractivity contribution in [2.24, 2.45) is 5.41 Å². The topological polar surface area (TPSA) is 12.0 Å². The van der Waals surface area contributed by atoms with Crippen molar-refractivity contribution < 1.29 is 8.78 Å². The van der Waals surface area contributed by atoms with Crippen LogP contribution in [0.2, 0.25) is 0 Å². The van der Waals surface area contributed by atoms with Crippen LogP contribution in [0.3, 0.4) is 0 Å². The highest BCUT2D eigenvalue weighted by molar-refractivity contribution is 8.00. The normalized spacial score (nSPS) is 26.5. The van der Waals surface area contributed by atoms with Crippen LogP contribution in [0.1, 0.15) is 26.7 Å². The van der Waals surface area contributed by atoms with Gasteiger partial charge in [0, 0.05) is 16.2 Å². The third-order valence-electron chi connectivity index (χ3n) is 3.78. The average molecular weight is 271 g/mol. The van der Waals surface area contributed by atoms with E-state index in [1.165, 1.54) is 12.1 Å². The number of thioether (sulfide) groups is 1. The van der Waals surface area contributed by atoms with E-state index in [4.69, 9.17) is 0 Å². The quantitative estimate of drug-likeness (QED) is 0.896. The maximum atomic E-state index is 13.2. The Labute approximate surface area is 111 Å². The zero-order valence-corrected chi connectivity index (χ0v) is 11.8. The van der Waals surface area contributed by atoms with Crippen molar-refractivity contribution >= 4 is 11.8 Å². The highest BCUT2D eigenvalue weighted by atomic mass is 32.2. The molecule has 18 heavy (non-hydrogen) atoms. The first-order valence-electron chi connectivity index (χ1n) is 6.23. The van der Waals surface area contributed by atoms with Gasteiger partial charge < -0.3 is 5.32 Å². The number of halogens is 2. The van der Waals surface area contributed by atoms with Crippen LogP contribution in [-0.2, 0) is 0 Å². The summed E-state index contributed by atoms with van der Waals surface area (Å²) in [7, 11) is 1.97. The van der Waals surface area contributed by atoms with E-state index in [0.29, 0.717) is 11.3 Å². The Bertz CT molecular complexity index is 434. The fourth-order valence-corrected chi connectivity index (χ4v) is 4.31. The van der Waals surface area contributed by atoms with Crippen molar-refractivity contribution in [3.05, 3.63) is 29.8 Å². The molecule has 0 saturated heterocycles. The summed E-state index contributed by atoms with van der Waals surface area (Å²) >= 11 is 1.64. The van der Waals surface area contributed by atoms with Crippen LogP contribution in [0, 0.1) is 17.0 Å². The van der Waals surface area contributed by atoms with E-state index in [-0.39, 0.29) is 5.41 Å². The monoisotopic (exact) mass is 271 g/mol. The molecule has 1 fully saturated rings. The number of nitrogens with one attached hydrogen (secondary N) is 1. The summed E-state index contributed by atoms with van der Waals surface area (Å²) in [6, 6.07) is 4.54. The van der Waals surface area contributed by atoms with Gasteiger partial charge in [0.25, 0.3) is 0 Å². The lowest BCUT2D eigenvalue weighted by molar-refractivity contribution is 0.300. The molecule has 0 heterocycles. The van der Waals surface area contributed by atoms with Gasteiger partial charge in [-0.1, -0.05) is 13.8 Å². The van der Waals surface area contributed by atoms with Crippen molar-refractivity contribution in [2.45, 2.75) is 42.9 Å². The molecule has 1 aliphatic rings.